The molecule has 0 fully saturated rings. The number of nitrogens with one attached hydrogen (secondary N) is 1. The highest BCUT2D eigenvalue weighted by Gasteiger charge is 2.14. The summed E-state index contributed by atoms with van der Waals surface area (Å²) in [6, 6.07) is 14.4. The van der Waals surface area contributed by atoms with E-state index >= 15 is 0 Å². The minimum atomic E-state index is -0.299. The third-order valence-electron chi connectivity index (χ3n) is 3.65. The molecule has 21 heavy (non-hydrogen) atoms. The Morgan fingerprint density at radius 3 is 2.43 bits per heavy atom. The van der Waals surface area contributed by atoms with Gasteiger partial charge < -0.3 is 14.8 Å². The predicted molar refractivity (Wildman–Crippen MR) is 85.3 cm³/mol. The highest BCUT2D eigenvalue weighted by molar-refractivity contribution is 5.20. The lowest BCUT2D eigenvalue weighted by Crippen LogP contribution is -2.23. The molecule has 0 amide bonds. The van der Waals surface area contributed by atoms with Crippen molar-refractivity contribution in [1.29, 1.82) is 0 Å². The molecule has 0 saturated heterocycles. The molecule has 1 heterocycles. The van der Waals surface area contributed by atoms with Gasteiger partial charge in [0.15, 0.2) is 0 Å². The van der Waals surface area contributed by atoms with Gasteiger partial charge in [0, 0.05) is 13.0 Å². The van der Waals surface area contributed by atoms with Crippen molar-refractivity contribution in [1.82, 2.24) is 5.32 Å². The van der Waals surface area contributed by atoms with Gasteiger partial charge in [0.1, 0.15) is 11.5 Å². The lowest BCUT2D eigenvalue weighted by molar-refractivity contribution is 0.173. The molecule has 2 N–H and O–H groups in total. The Bertz CT molecular complexity index is 519. The highest BCUT2D eigenvalue weighted by Crippen LogP contribution is 2.20. The molecule has 114 valence electrons. The van der Waals surface area contributed by atoms with Crippen LogP contribution in [-0.4, -0.2) is 17.8 Å². The summed E-state index contributed by atoms with van der Waals surface area (Å²) >= 11 is 0. The molecule has 0 spiro atoms. The number of hydrogen-bond donors (Lipinski definition) is 2. The van der Waals surface area contributed by atoms with Gasteiger partial charge in [-0.05, 0) is 37.0 Å². The average molecular weight is 287 g/mol. The van der Waals surface area contributed by atoms with E-state index < -0.39 is 0 Å². The molecule has 0 bridgehead atoms. The van der Waals surface area contributed by atoms with Crippen molar-refractivity contribution in [3.63, 3.8) is 0 Å². The summed E-state index contributed by atoms with van der Waals surface area (Å²) in [5.41, 5.74) is 1.26. The van der Waals surface area contributed by atoms with E-state index in [1.54, 1.807) is 0 Å². The fraction of sp³-hybridized carbons (Fsp3) is 0.444. The fourth-order valence-corrected chi connectivity index (χ4v) is 2.55. The minimum Gasteiger partial charge on any atom is -0.465 e. The number of furan rings is 1. The predicted octanol–water partition coefficient (Wildman–Crippen LogP) is 3.49. The van der Waals surface area contributed by atoms with E-state index in [1.165, 1.54) is 5.56 Å². The Morgan fingerprint density at radius 2 is 1.81 bits per heavy atom. The van der Waals surface area contributed by atoms with Gasteiger partial charge in [0.25, 0.3) is 0 Å². The van der Waals surface area contributed by atoms with Crippen LogP contribution < -0.4 is 5.32 Å². The Balaban J connectivity index is 1.90. The molecule has 2 rings (SSSR count). The summed E-state index contributed by atoms with van der Waals surface area (Å²) in [5, 5.41) is 13.1. The smallest absolute Gasteiger partial charge is 0.117 e. The minimum absolute atomic E-state index is 0.299. The van der Waals surface area contributed by atoms with Crippen molar-refractivity contribution in [2.75, 3.05) is 6.54 Å². The van der Waals surface area contributed by atoms with Crippen LogP contribution >= 0.6 is 0 Å². The molecule has 3 nitrogen and oxygen atoms in total. The van der Waals surface area contributed by atoms with Crippen LogP contribution in [0.1, 0.15) is 43.3 Å². The normalized spacial score (nSPS) is 14.0. The van der Waals surface area contributed by atoms with Crippen molar-refractivity contribution >= 4 is 0 Å². The van der Waals surface area contributed by atoms with Crippen LogP contribution in [0.2, 0.25) is 0 Å². The van der Waals surface area contributed by atoms with Crippen LogP contribution in [0.25, 0.3) is 0 Å². The zero-order valence-electron chi connectivity index (χ0n) is 12.9. The van der Waals surface area contributed by atoms with Gasteiger partial charge in [0.05, 0.1) is 12.6 Å². The number of aliphatic hydroxyl groups excluding tert-OH is 1. The quantitative estimate of drug-likeness (QED) is 0.781. The second-order valence-electron chi connectivity index (χ2n) is 5.54. The molecule has 1 aromatic heterocycles. The molecule has 0 radical (unpaired) electrons. The summed E-state index contributed by atoms with van der Waals surface area (Å²) in [5.74, 6) is 2.30. The summed E-state index contributed by atoms with van der Waals surface area (Å²) < 4.78 is 5.69. The molecule has 1 aromatic carbocycles. The maximum atomic E-state index is 9.69. The molecule has 2 atom stereocenters. The molecule has 0 aliphatic carbocycles. The molecule has 3 heteroatoms. The van der Waals surface area contributed by atoms with E-state index in [0.717, 1.165) is 37.5 Å². The SMILES string of the molecule is CCc1ccc(CNCC(CC(C)O)c2ccccc2)o1. The van der Waals surface area contributed by atoms with Gasteiger partial charge >= 0.3 is 0 Å². The summed E-state index contributed by atoms with van der Waals surface area (Å²) in [7, 11) is 0. The zero-order chi connectivity index (χ0) is 15.1. The summed E-state index contributed by atoms with van der Waals surface area (Å²) in [6.07, 6.45) is 1.39. The largest absolute Gasteiger partial charge is 0.465 e. The molecule has 0 aliphatic heterocycles. The van der Waals surface area contributed by atoms with E-state index in [9.17, 15) is 5.11 Å². The first-order valence-electron chi connectivity index (χ1n) is 7.70. The number of benzene rings is 1. The van der Waals surface area contributed by atoms with E-state index in [0.29, 0.717) is 5.92 Å². The van der Waals surface area contributed by atoms with Crippen LogP contribution in [-0.2, 0) is 13.0 Å². The second-order valence-corrected chi connectivity index (χ2v) is 5.54. The molecule has 2 unspecified atom stereocenters. The Morgan fingerprint density at radius 1 is 1.10 bits per heavy atom. The molecule has 0 saturated carbocycles. The number of aryl methyl sites for hydroxylation is 1. The molecule has 0 aliphatic rings. The number of aliphatic hydroxyl groups is 1. The average Bonchev–Trinajstić information content (AvgIpc) is 2.95. The van der Waals surface area contributed by atoms with Crippen LogP contribution in [0.5, 0.6) is 0 Å². The highest BCUT2D eigenvalue weighted by atomic mass is 16.3. The fourth-order valence-electron chi connectivity index (χ4n) is 2.55. The van der Waals surface area contributed by atoms with Crippen LogP contribution in [0.3, 0.4) is 0 Å². The van der Waals surface area contributed by atoms with Gasteiger partial charge in [-0.25, -0.2) is 0 Å². The van der Waals surface area contributed by atoms with Gasteiger partial charge in [-0.3, -0.25) is 0 Å². The van der Waals surface area contributed by atoms with Crippen molar-refractivity contribution in [2.24, 2.45) is 0 Å². The molecular weight excluding hydrogens is 262 g/mol. The lowest BCUT2D eigenvalue weighted by atomic mass is 9.93. The monoisotopic (exact) mass is 287 g/mol. The first-order chi connectivity index (χ1) is 10.2. The van der Waals surface area contributed by atoms with E-state index in [-0.39, 0.29) is 6.10 Å². The van der Waals surface area contributed by atoms with Crippen LogP contribution in [0.4, 0.5) is 0 Å². The third kappa shape index (κ3) is 5.03. The topological polar surface area (TPSA) is 45.4 Å². The molecule has 2 aromatic rings. The van der Waals surface area contributed by atoms with Crippen LogP contribution in [0, 0.1) is 0 Å². The maximum Gasteiger partial charge on any atom is 0.117 e. The Hall–Kier alpha value is -1.58. The first kappa shape index (κ1) is 15.8. The Labute approximate surface area is 127 Å². The molecular formula is C18H25NO2. The van der Waals surface area contributed by atoms with Gasteiger partial charge in [-0.2, -0.15) is 0 Å². The van der Waals surface area contributed by atoms with Crippen molar-refractivity contribution in [3.8, 4) is 0 Å². The van der Waals surface area contributed by atoms with Gasteiger partial charge in [-0.1, -0.05) is 37.3 Å². The van der Waals surface area contributed by atoms with Gasteiger partial charge in [-0.15, -0.1) is 0 Å². The van der Waals surface area contributed by atoms with E-state index in [2.05, 4.69) is 24.4 Å². The van der Waals surface area contributed by atoms with E-state index in [4.69, 9.17) is 4.42 Å². The van der Waals surface area contributed by atoms with E-state index in [1.807, 2.05) is 37.3 Å². The van der Waals surface area contributed by atoms with Crippen LogP contribution in [0.15, 0.2) is 46.9 Å². The maximum absolute atomic E-state index is 9.69. The summed E-state index contributed by atoms with van der Waals surface area (Å²) in [4.78, 5) is 0. The third-order valence-corrected chi connectivity index (χ3v) is 3.65. The Kier molecular flexibility index (Phi) is 6.03. The van der Waals surface area contributed by atoms with Crippen molar-refractivity contribution in [2.45, 2.75) is 45.3 Å². The zero-order valence-corrected chi connectivity index (χ0v) is 12.9. The number of rotatable bonds is 8. The second kappa shape index (κ2) is 8.01. The van der Waals surface area contributed by atoms with Crippen molar-refractivity contribution < 1.29 is 9.52 Å². The van der Waals surface area contributed by atoms with Gasteiger partial charge in [0.2, 0.25) is 0 Å². The standard InChI is InChI=1S/C18H25NO2/c1-3-17-9-10-18(21-17)13-19-12-16(11-14(2)20)15-7-5-4-6-8-15/h4-10,14,16,19-20H,3,11-13H2,1-2H3. The van der Waals surface area contributed by atoms with Crippen molar-refractivity contribution in [3.05, 3.63) is 59.5 Å². The summed E-state index contributed by atoms with van der Waals surface area (Å²) in [6.45, 7) is 5.49. The number of hydrogen-bond acceptors (Lipinski definition) is 3. The lowest BCUT2D eigenvalue weighted by Gasteiger charge is -2.19. The first-order valence-corrected chi connectivity index (χ1v) is 7.70.